The summed E-state index contributed by atoms with van der Waals surface area (Å²) in [5.74, 6) is 0.332. The number of carbonyl (C=O) groups is 1. The van der Waals surface area contributed by atoms with Gasteiger partial charge in [-0.05, 0) is 81.5 Å². The number of aromatic amines is 1. The third kappa shape index (κ3) is 5.24. The Bertz CT molecular complexity index is 1840. The Morgan fingerprint density at radius 1 is 1.13 bits per heavy atom. The van der Waals surface area contributed by atoms with Crippen molar-refractivity contribution < 1.29 is 18.7 Å². The molecule has 0 spiro atoms. The van der Waals surface area contributed by atoms with Gasteiger partial charge in [-0.2, -0.15) is 15.1 Å². The molecule has 1 aliphatic carbocycles. The van der Waals surface area contributed by atoms with Crippen molar-refractivity contribution >= 4 is 45.3 Å². The lowest BCUT2D eigenvalue weighted by Crippen LogP contribution is -2.43. The molecule has 3 saturated heterocycles. The summed E-state index contributed by atoms with van der Waals surface area (Å²) in [7, 11) is 0. The molecule has 6 aliphatic rings. The minimum atomic E-state index is -0.539. The van der Waals surface area contributed by atoms with Crippen LogP contribution in [0.1, 0.15) is 70.3 Å². The summed E-state index contributed by atoms with van der Waals surface area (Å²) in [5, 5.41) is 12.0. The SMILES string of the molecule is CC.O=C1NC2CCN(C2)c2nc(OCC34CCCN3CCC4)nc3c(F)c(ncc23)-c2c(c(Cl)cc3[nH]ncc23)C2CC2CCO1. The van der Waals surface area contributed by atoms with E-state index in [2.05, 4.69) is 20.4 Å². The first-order valence-electron chi connectivity index (χ1n) is 17.1. The molecule has 13 heteroatoms. The summed E-state index contributed by atoms with van der Waals surface area (Å²) in [6.45, 7) is 8.04. The van der Waals surface area contributed by atoms with E-state index in [0.717, 1.165) is 56.1 Å². The molecule has 0 radical (unpaired) electrons. The summed E-state index contributed by atoms with van der Waals surface area (Å²) >= 11 is 6.91. The van der Waals surface area contributed by atoms with E-state index in [0.29, 0.717) is 66.5 Å². The van der Waals surface area contributed by atoms with Crippen molar-refractivity contribution in [2.75, 3.05) is 44.3 Å². The molecule has 6 bridgehead atoms. The third-order valence-corrected chi connectivity index (χ3v) is 11.0. The van der Waals surface area contributed by atoms with Crippen LogP contribution in [0.4, 0.5) is 15.0 Å². The molecule has 4 aromatic rings. The molecule has 8 heterocycles. The lowest BCUT2D eigenvalue weighted by molar-refractivity contribution is 0.108. The molecular formula is C34H40ClFN8O3. The van der Waals surface area contributed by atoms with Gasteiger partial charge in [-0.3, -0.25) is 15.0 Å². The van der Waals surface area contributed by atoms with E-state index in [1.54, 1.807) is 12.4 Å². The number of hydrogen-bond donors (Lipinski definition) is 2. The van der Waals surface area contributed by atoms with Crippen LogP contribution in [0.2, 0.25) is 5.02 Å². The number of amides is 1. The second-order valence-corrected chi connectivity index (χ2v) is 13.7. The van der Waals surface area contributed by atoms with Crippen molar-refractivity contribution in [3.63, 3.8) is 0 Å². The summed E-state index contributed by atoms with van der Waals surface area (Å²) in [4.78, 5) is 31.6. The number of hydrogen-bond acceptors (Lipinski definition) is 9. The molecule has 3 atom stereocenters. The normalized spacial score (nSPS) is 24.7. The van der Waals surface area contributed by atoms with Crippen molar-refractivity contribution in [3.8, 4) is 17.3 Å². The molecule has 3 aromatic heterocycles. The number of alkyl carbamates (subject to hydrolysis) is 1. The predicted molar refractivity (Wildman–Crippen MR) is 178 cm³/mol. The lowest BCUT2D eigenvalue weighted by atomic mass is 9.94. The smallest absolute Gasteiger partial charge is 0.407 e. The Hall–Kier alpha value is -3.77. The molecule has 11 nitrogen and oxygen atoms in total. The molecule has 2 N–H and O–H groups in total. The molecule has 1 aromatic carbocycles. The van der Waals surface area contributed by atoms with Gasteiger partial charge in [0.2, 0.25) is 0 Å². The van der Waals surface area contributed by atoms with Gasteiger partial charge < -0.3 is 19.7 Å². The number of carbonyl (C=O) groups excluding carboxylic acids is 1. The van der Waals surface area contributed by atoms with E-state index in [-0.39, 0.29) is 40.6 Å². The summed E-state index contributed by atoms with van der Waals surface area (Å²) in [5.41, 5.74) is 2.49. The first-order valence-corrected chi connectivity index (χ1v) is 17.4. The average Bonchev–Trinajstić information content (AvgIpc) is 3.52. The number of benzene rings is 1. The maximum absolute atomic E-state index is 17.0. The minimum absolute atomic E-state index is 0.0148. The van der Waals surface area contributed by atoms with E-state index in [9.17, 15) is 4.79 Å². The molecule has 248 valence electrons. The monoisotopic (exact) mass is 662 g/mol. The number of aromatic nitrogens is 5. The van der Waals surface area contributed by atoms with E-state index in [1.807, 2.05) is 24.8 Å². The van der Waals surface area contributed by atoms with Crippen LogP contribution in [-0.2, 0) is 4.74 Å². The number of nitrogens with zero attached hydrogens (tertiary/aromatic N) is 6. The van der Waals surface area contributed by atoms with Crippen molar-refractivity contribution in [2.24, 2.45) is 5.92 Å². The summed E-state index contributed by atoms with van der Waals surface area (Å²) < 4.78 is 29.0. The quantitative estimate of drug-likeness (QED) is 0.264. The summed E-state index contributed by atoms with van der Waals surface area (Å²) in [6.07, 6.45) is 9.63. The topological polar surface area (TPSA) is 121 Å². The molecule has 47 heavy (non-hydrogen) atoms. The highest BCUT2D eigenvalue weighted by atomic mass is 35.5. The van der Waals surface area contributed by atoms with Gasteiger partial charge in [0, 0.05) is 35.3 Å². The largest absolute Gasteiger partial charge is 0.461 e. The van der Waals surface area contributed by atoms with Crippen LogP contribution < -0.4 is 15.0 Å². The zero-order valence-corrected chi connectivity index (χ0v) is 27.6. The Morgan fingerprint density at radius 2 is 1.96 bits per heavy atom. The van der Waals surface area contributed by atoms with E-state index in [1.165, 1.54) is 0 Å². The van der Waals surface area contributed by atoms with Crippen LogP contribution in [0.25, 0.3) is 33.1 Å². The van der Waals surface area contributed by atoms with Crippen LogP contribution in [-0.4, -0.2) is 87.1 Å². The second kappa shape index (κ2) is 12.0. The highest BCUT2D eigenvalue weighted by Gasteiger charge is 2.45. The third-order valence-electron chi connectivity index (χ3n) is 10.7. The fraction of sp³-hybridized carbons (Fsp3) is 0.559. The molecule has 10 rings (SSSR count). The lowest BCUT2D eigenvalue weighted by Gasteiger charge is -2.31. The van der Waals surface area contributed by atoms with Gasteiger partial charge in [-0.15, -0.1) is 0 Å². The van der Waals surface area contributed by atoms with E-state index < -0.39 is 11.9 Å². The van der Waals surface area contributed by atoms with Gasteiger partial charge in [0.1, 0.15) is 23.6 Å². The number of H-pyrrole nitrogens is 1. The molecular weight excluding hydrogens is 623 g/mol. The number of nitrogens with one attached hydrogen (secondary N) is 2. The van der Waals surface area contributed by atoms with Crippen LogP contribution in [0, 0.1) is 11.7 Å². The Balaban J connectivity index is 0.00000159. The molecule has 1 saturated carbocycles. The van der Waals surface area contributed by atoms with Gasteiger partial charge in [0.25, 0.3) is 0 Å². The average molecular weight is 663 g/mol. The van der Waals surface area contributed by atoms with Gasteiger partial charge in [0.05, 0.1) is 35.3 Å². The maximum Gasteiger partial charge on any atom is 0.407 e. The van der Waals surface area contributed by atoms with E-state index >= 15 is 4.39 Å². The van der Waals surface area contributed by atoms with Crippen molar-refractivity contribution in [1.82, 2.24) is 35.4 Å². The van der Waals surface area contributed by atoms with E-state index in [4.69, 9.17) is 36.0 Å². The number of halogens is 2. The fourth-order valence-electron chi connectivity index (χ4n) is 8.36. The minimum Gasteiger partial charge on any atom is -0.461 e. The Morgan fingerprint density at radius 3 is 2.79 bits per heavy atom. The van der Waals surface area contributed by atoms with Crippen molar-refractivity contribution in [3.05, 3.63) is 34.9 Å². The second-order valence-electron chi connectivity index (χ2n) is 13.3. The van der Waals surface area contributed by atoms with Gasteiger partial charge >= 0.3 is 12.1 Å². The number of fused-ring (bicyclic) bond motifs is 7. The summed E-state index contributed by atoms with van der Waals surface area (Å²) in [6, 6.07) is 1.86. The fourth-order valence-corrected chi connectivity index (χ4v) is 8.70. The first-order chi connectivity index (χ1) is 23.0. The Labute approximate surface area is 277 Å². The highest BCUT2D eigenvalue weighted by Crippen LogP contribution is 2.56. The molecule has 5 aliphatic heterocycles. The Kier molecular flexibility index (Phi) is 7.82. The first kappa shape index (κ1) is 30.6. The number of anilines is 1. The van der Waals surface area contributed by atoms with Crippen LogP contribution in [0.15, 0.2) is 18.5 Å². The number of ether oxygens (including phenoxy) is 2. The van der Waals surface area contributed by atoms with Gasteiger partial charge in [0.15, 0.2) is 5.82 Å². The van der Waals surface area contributed by atoms with Crippen molar-refractivity contribution in [1.29, 1.82) is 0 Å². The van der Waals surface area contributed by atoms with Crippen LogP contribution in [0.3, 0.4) is 0 Å². The number of pyridine rings is 1. The molecule has 3 unspecified atom stereocenters. The van der Waals surface area contributed by atoms with Gasteiger partial charge in [-0.25, -0.2) is 9.18 Å². The molecule has 1 amide bonds. The highest BCUT2D eigenvalue weighted by molar-refractivity contribution is 6.33. The zero-order chi connectivity index (χ0) is 32.3. The van der Waals surface area contributed by atoms with Crippen molar-refractivity contribution in [2.45, 2.75) is 76.3 Å². The number of rotatable bonds is 3. The standard InChI is InChI=1S/C32H34ClFN8O3.C2H6/c33-22-12-23-20(14-36-40-23)25-24(22)19-11-17(19)4-10-44-31(43)37-18-3-9-41(15-18)29-21-13-35-28(25)26(34)27(21)38-30(39-29)45-16-32-5-1-7-42(32)8-2-6-32;1-2/h12-14,17-19H,1-11,15-16H2,(H,36,40)(H,37,43);1-2H3. The van der Waals surface area contributed by atoms with Crippen LogP contribution in [0.5, 0.6) is 6.01 Å². The predicted octanol–water partition coefficient (Wildman–Crippen LogP) is 6.21. The molecule has 4 fully saturated rings. The van der Waals surface area contributed by atoms with Gasteiger partial charge in [-0.1, -0.05) is 25.4 Å². The maximum atomic E-state index is 17.0. The zero-order valence-electron chi connectivity index (χ0n) is 26.8. The van der Waals surface area contributed by atoms with Crippen LogP contribution >= 0.6 is 11.6 Å².